The van der Waals surface area contributed by atoms with Gasteiger partial charge in [-0.25, -0.2) is 9.97 Å². The van der Waals surface area contributed by atoms with Crippen molar-refractivity contribution in [1.29, 1.82) is 0 Å². The van der Waals surface area contributed by atoms with Gasteiger partial charge in [0.15, 0.2) is 5.82 Å². The van der Waals surface area contributed by atoms with Crippen LogP contribution in [0.3, 0.4) is 0 Å². The number of hydrogen-bond donors (Lipinski definition) is 0. The monoisotopic (exact) mass is 738 g/mol. The lowest BCUT2D eigenvalue weighted by Gasteiger charge is -2.14. The molecule has 0 saturated carbocycles. The standard InChI is InChI=1S/C54H34N4/c1-2-12-35(13-3-1)36-22-24-39(25-23-36)54-55-52(47-32-28-37-14-4-5-15-42(37)53(47)56-54)38-26-29-40(30-27-38)57-48-19-9-8-18-45(48)46-33-31-41(34-51(46)57)58-49-20-10-6-16-43(49)44-17-7-11-21-50(44)58/h1-34H. The van der Waals surface area contributed by atoms with Gasteiger partial charge < -0.3 is 9.13 Å². The van der Waals surface area contributed by atoms with Gasteiger partial charge in [-0.1, -0.05) is 158 Å². The Hall–Kier alpha value is -7.82. The third kappa shape index (κ3) is 5.02. The summed E-state index contributed by atoms with van der Waals surface area (Å²) in [6.45, 7) is 0. The van der Waals surface area contributed by atoms with Crippen LogP contribution in [0.15, 0.2) is 206 Å². The van der Waals surface area contributed by atoms with Crippen LogP contribution in [0.2, 0.25) is 0 Å². The molecule has 0 aliphatic heterocycles. The Balaban J connectivity index is 1.02. The molecule has 0 unspecified atom stereocenters. The fraction of sp³-hybridized carbons (Fsp3) is 0. The number of nitrogens with zero attached hydrogens (tertiary/aromatic N) is 4. The van der Waals surface area contributed by atoms with Gasteiger partial charge in [0.25, 0.3) is 0 Å². The fourth-order valence-corrected chi connectivity index (χ4v) is 9.00. The van der Waals surface area contributed by atoms with Crippen LogP contribution in [-0.4, -0.2) is 19.1 Å². The van der Waals surface area contributed by atoms with Crippen LogP contribution in [0.4, 0.5) is 0 Å². The van der Waals surface area contributed by atoms with Crippen molar-refractivity contribution in [3.63, 3.8) is 0 Å². The second-order valence-corrected chi connectivity index (χ2v) is 15.0. The average Bonchev–Trinajstić information content (AvgIpc) is 3.81. The van der Waals surface area contributed by atoms with Crippen LogP contribution in [-0.2, 0) is 0 Å². The first-order chi connectivity index (χ1) is 28.8. The first kappa shape index (κ1) is 32.4. The minimum Gasteiger partial charge on any atom is -0.309 e. The van der Waals surface area contributed by atoms with Crippen molar-refractivity contribution in [2.45, 2.75) is 0 Å². The lowest BCUT2D eigenvalue weighted by atomic mass is 10.0. The summed E-state index contributed by atoms with van der Waals surface area (Å²) in [5.74, 6) is 0.711. The zero-order valence-electron chi connectivity index (χ0n) is 31.4. The molecule has 0 bridgehead atoms. The second kappa shape index (κ2) is 12.9. The number of hydrogen-bond acceptors (Lipinski definition) is 2. The first-order valence-electron chi connectivity index (χ1n) is 19.7. The maximum absolute atomic E-state index is 5.31. The minimum atomic E-state index is 0.711. The van der Waals surface area contributed by atoms with Crippen molar-refractivity contribution in [2.24, 2.45) is 0 Å². The average molecular weight is 739 g/mol. The van der Waals surface area contributed by atoms with Gasteiger partial charge in [0, 0.05) is 54.8 Å². The Labute approximate surface area is 334 Å². The topological polar surface area (TPSA) is 35.6 Å². The molecule has 3 heterocycles. The molecule has 0 aliphatic rings. The zero-order valence-corrected chi connectivity index (χ0v) is 31.4. The molecule has 0 aliphatic carbocycles. The zero-order chi connectivity index (χ0) is 38.2. The molecule has 3 aromatic heterocycles. The highest BCUT2D eigenvalue weighted by Gasteiger charge is 2.18. The van der Waals surface area contributed by atoms with E-state index in [1.807, 2.05) is 6.07 Å². The number of rotatable bonds is 5. The van der Waals surface area contributed by atoms with E-state index in [0.717, 1.165) is 55.4 Å². The molecule has 12 rings (SSSR count). The molecule has 0 saturated heterocycles. The van der Waals surface area contributed by atoms with Crippen LogP contribution < -0.4 is 0 Å². The van der Waals surface area contributed by atoms with E-state index in [1.165, 1.54) is 49.2 Å². The van der Waals surface area contributed by atoms with E-state index in [2.05, 4.69) is 209 Å². The largest absolute Gasteiger partial charge is 0.309 e. The summed E-state index contributed by atoms with van der Waals surface area (Å²) in [5.41, 5.74) is 13.2. The SMILES string of the molecule is c1ccc(-c2ccc(-c3nc(-c4ccc(-n5c6ccccc6c6ccc(-n7c8ccccc8c8ccccc87)cc65)cc4)c4ccc5ccccc5c4n3)cc2)cc1. The van der Waals surface area contributed by atoms with E-state index < -0.39 is 0 Å². The van der Waals surface area contributed by atoms with Gasteiger partial charge in [0.05, 0.1) is 33.3 Å². The predicted molar refractivity (Wildman–Crippen MR) is 242 cm³/mol. The Kier molecular flexibility index (Phi) is 7.20. The summed E-state index contributed by atoms with van der Waals surface area (Å²) < 4.78 is 4.79. The van der Waals surface area contributed by atoms with Gasteiger partial charge in [-0.3, -0.25) is 0 Å². The highest BCUT2D eigenvalue weighted by Crippen LogP contribution is 2.38. The Morgan fingerprint density at radius 1 is 0.293 bits per heavy atom. The molecule has 4 heteroatoms. The summed E-state index contributed by atoms with van der Waals surface area (Å²) in [4.78, 5) is 10.6. The van der Waals surface area contributed by atoms with Gasteiger partial charge in [-0.15, -0.1) is 0 Å². The summed E-state index contributed by atoms with van der Waals surface area (Å²) >= 11 is 0. The van der Waals surface area contributed by atoms with Gasteiger partial charge in [0.1, 0.15) is 0 Å². The van der Waals surface area contributed by atoms with Crippen molar-refractivity contribution in [2.75, 3.05) is 0 Å². The lowest BCUT2D eigenvalue weighted by Crippen LogP contribution is -1.98. The molecule has 0 N–H and O–H groups in total. The maximum Gasteiger partial charge on any atom is 0.160 e. The molecule has 0 atom stereocenters. The quantitative estimate of drug-likeness (QED) is 0.165. The van der Waals surface area contributed by atoms with Crippen LogP contribution >= 0.6 is 0 Å². The first-order valence-corrected chi connectivity index (χ1v) is 19.7. The highest BCUT2D eigenvalue weighted by atomic mass is 15.0. The Bertz CT molecular complexity index is 3490. The number of aromatic nitrogens is 4. The van der Waals surface area contributed by atoms with Gasteiger partial charge in [-0.05, 0) is 65.0 Å². The fourth-order valence-electron chi connectivity index (χ4n) is 9.00. The van der Waals surface area contributed by atoms with Gasteiger partial charge in [-0.2, -0.15) is 0 Å². The van der Waals surface area contributed by atoms with Crippen molar-refractivity contribution >= 4 is 65.3 Å². The van der Waals surface area contributed by atoms with E-state index in [0.29, 0.717) is 5.82 Å². The summed E-state index contributed by atoms with van der Waals surface area (Å²) in [5, 5.41) is 8.27. The predicted octanol–water partition coefficient (Wildman–Crippen LogP) is 14.0. The van der Waals surface area contributed by atoms with E-state index in [1.54, 1.807) is 0 Å². The number of benzene rings is 9. The van der Waals surface area contributed by atoms with Gasteiger partial charge >= 0.3 is 0 Å². The van der Waals surface area contributed by atoms with Gasteiger partial charge in [0.2, 0.25) is 0 Å². The maximum atomic E-state index is 5.31. The van der Waals surface area contributed by atoms with Crippen molar-refractivity contribution < 1.29 is 0 Å². The second-order valence-electron chi connectivity index (χ2n) is 15.0. The lowest BCUT2D eigenvalue weighted by molar-refractivity contribution is 1.15. The third-order valence-electron chi connectivity index (χ3n) is 11.7. The molecule has 270 valence electrons. The van der Waals surface area contributed by atoms with E-state index in [4.69, 9.17) is 9.97 Å². The van der Waals surface area contributed by atoms with E-state index in [9.17, 15) is 0 Å². The molecule has 9 aromatic carbocycles. The van der Waals surface area contributed by atoms with Crippen molar-refractivity contribution in [1.82, 2.24) is 19.1 Å². The number of para-hydroxylation sites is 3. The molecular weight excluding hydrogens is 705 g/mol. The molecule has 58 heavy (non-hydrogen) atoms. The van der Waals surface area contributed by atoms with E-state index in [-0.39, 0.29) is 0 Å². The molecule has 0 radical (unpaired) electrons. The molecule has 12 aromatic rings. The normalized spacial score (nSPS) is 11.8. The minimum absolute atomic E-state index is 0.711. The van der Waals surface area contributed by atoms with Crippen LogP contribution in [0.25, 0.3) is 110 Å². The smallest absolute Gasteiger partial charge is 0.160 e. The molecule has 4 nitrogen and oxygen atoms in total. The molecule has 0 spiro atoms. The van der Waals surface area contributed by atoms with Crippen LogP contribution in [0, 0.1) is 0 Å². The van der Waals surface area contributed by atoms with Crippen LogP contribution in [0.5, 0.6) is 0 Å². The Morgan fingerprint density at radius 2 is 0.776 bits per heavy atom. The van der Waals surface area contributed by atoms with Crippen LogP contribution in [0.1, 0.15) is 0 Å². The van der Waals surface area contributed by atoms with Crippen molar-refractivity contribution in [3.8, 4) is 45.1 Å². The molecule has 0 amide bonds. The highest BCUT2D eigenvalue weighted by molar-refractivity contribution is 6.13. The molecule has 0 fully saturated rings. The van der Waals surface area contributed by atoms with E-state index >= 15 is 0 Å². The summed E-state index contributed by atoms with van der Waals surface area (Å²) in [6, 6.07) is 73.8. The Morgan fingerprint density at radius 3 is 1.45 bits per heavy atom. The summed E-state index contributed by atoms with van der Waals surface area (Å²) in [7, 11) is 0. The molecular formula is C54H34N4. The van der Waals surface area contributed by atoms with Crippen molar-refractivity contribution in [3.05, 3.63) is 206 Å². The summed E-state index contributed by atoms with van der Waals surface area (Å²) in [6.07, 6.45) is 0. The number of fused-ring (bicyclic) bond motifs is 9. The third-order valence-corrected chi connectivity index (χ3v) is 11.7.